The first-order valence-electron chi connectivity index (χ1n) is 13.3. The third-order valence-corrected chi connectivity index (χ3v) is 7.52. The molecule has 0 aromatic heterocycles. The van der Waals surface area contributed by atoms with Gasteiger partial charge in [0.15, 0.2) is 0 Å². The molecule has 1 saturated heterocycles. The summed E-state index contributed by atoms with van der Waals surface area (Å²) in [4.78, 5) is 33.8. The number of halogens is 2. The van der Waals surface area contributed by atoms with Crippen LogP contribution in [0.25, 0.3) is 0 Å². The number of hydrogen-bond donors (Lipinski definition) is 1. The maximum absolute atomic E-state index is 14.3. The van der Waals surface area contributed by atoms with E-state index in [0.29, 0.717) is 39.7 Å². The molecule has 1 N–H and O–H groups in total. The van der Waals surface area contributed by atoms with Crippen molar-refractivity contribution in [2.24, 2.45) is 10.4 Å². The van der Waals surface area contributed by atoms with E-state index in [-0.39, 0.29) is 29.4 Å². The largest absolute Gasteiger partial charge is 0.459 e. The minimum atomic E-state index is -0.662. The van der Waals surface area contributed by atoms with Crippen LogP contribution in [-0.2, 0) is 9.53 Å². The predicted octanol–water partition coefficient (Wildman–Crippen LogP) is 6.84. The zero-order valence-electron chi connectivity index (χ0n) is 22.8. The molecule has 2 aromatic rings. The van der Waals surface area contributed by atoms with Gasteiger partial charge in [0.1, 0.15) is 11.4 Å². The summed E-state index contributed by atoms with van der Waals surface area (Å²) in [7, 11) is 0. The van der Waals surface area contributed by atoms with Gasteiger partial charge in [0.25, 0.3) is 5.91 Å². The van der Waals surface area contributed by atoms with E-state index in [0.717, 1.165) is 31.5 Å². The molecule has 2 aliphatic heterocycles. The SMILES string of the molecule is CC(C)OC(=O)c1ccc([C@@H](CCC(C)(C)C)N2C(=O)C(c3cc(Cl)cc(Cl)c3)=NC23CCNCC3)cc1. The molecule has 2 aliphatic rings. The molecule has 1 fully saturated rings. The monoisotopic (exact) mass is 557 g/mol. The summed E-state index contributed by atoms with van der Waals surface area (Å²) < 4.78 is 5.37. The highest BCUT2D eigenvalue weighted by Crippen LogP contribution is 2.44. The standard InChI is InChI=1S/C30H37Cl2N3O3/c1-19(2)38-28(37)21-8-6-20(7-9-21)25(10-11-29(3,4)5)35-27(36)26(22-16-23(31)18-24(32)17-22)34-30(35)12-14-33-15-13-30/h6-9,16-19,25,33H,10-15H2,1-5H3/t25-/m1/s1. The molecule has 0 aliphatic carbocycles. The number of carbonyl (C=O) groups excluding carboxylic acids is 2. The summed E-state index contributed by atoms with van der Waals surface area (Å²) in [5.41, 5.74) is 1.91. The van der Waals surface area contributed by atoms with Gasteiger partial charge in [-0.2, -0.15) is 0 Å². The van der Waals surface area contributed by atoms with E-state index >= 15 is 0 Å². The van der Waals surface area contributed by atoms with Gasteiger partial charge in [-0.1, -0.05) is 56.1 Å². The highest BCUT2D eigenvalue weighted by Gasteiger charge is 2.51. The van der Waals surface area contributed by atoms with E-state index < -0.39 is 5.66 Å². The Labute approximate surface area is 235 Å². The van der Waals surface area contributed by atoms with Crippen molar-refractivity contribution in [2.45, 2.75) is 78.1 Å². The van der Waals surface area contributed by atoms with Crippen LogP contribution < -0.4 is 5.32 Å². The van der Waals surface area contributed by atoms with E-state index in [9.17, 15) is 9.59 Å². The highest BCUT2D eigenvalue weighted by atomic mass is 35.5. The molecule has 1 spiro atoms. The summed E-state index contributed by atoms with van der Waals surface area (Å²) in [6.45, 7) is 11.8. The quantitative estimate of drug-likeness (QED) is 0.378. The molecule has 6 nitrogen and oxygen atoms in total. The Balaban J connectivity index is 1.76. The van der Waals surface area contributed by atoms with Crippen LogP contribution in [0.3, 0.4) is 0 Å². The second-order valence-electron chi connectivity index (χ2n) is 11.7. The van der Waals surface area contributed by atoms with Crippen LogP contribution in [0.2, 0.25) is 10.0 Å². The lowest BCUT2D eigenvalue weighted by atomic mass is 9.85. The number of amides is 1. The van der Waals surface area contributed by atoms with Crippen molar-refractivity contribution < 1.29 is 14.3 Å². The molecule has 8 heteroatoms. The molecule has 38 heavy (non-hydrogen) atoms. The first-order valence-corrected chi connectivity index (χ1v) is 14.1. The molecular weight excluding hydrogens is 521 g/mol. The third-order valence-electron chi connectivity index (χ3n) is 7.08. The Bertz CT molecular complexity index is 1190. The van der Waals surface area contributed by atoms with Gasteiger partial charge in [0.05, 0.1) is 17.7 Å². The number of ether oxygens (including phenoxy) is 1. The lowest BCUT2D eigenvalue weighted by molar-refractivity contribution is -0.132. The van der Waals surface area contributed by atoms with E-state index in [1.807, 2.05) is 30.9 Å². The summed E-state index contributed by atoms with van der Waals surface area (Å²) in [6, 6.07) is 12.4. The Kier molecular flexibility index (Phi) is 8.55. The summed E-state index contributed by atoms with van der Waals surface area (Å²) in [6.07, 6.45) is 2.90. The van der Waals surface area contributed by atoms with Crippen molar-refractivity contribution in [2.75, 3.05) is 13.1 Å². The maximum atomic E-state index is 14.3. The zero-order valence-corrected chi connectivity index (χ0v) is 24.3. The molecule has 1 amide bonds. The molecule has 4 rings (SSSR count). The van der Waals surface area contributed by atoms with Crippen molar-refractivity contribution in [3.8, 4) is 0 Å². The third kappa shape index (κ3) is 6.41. The Morgan fingerprint density at radius 1 is 1.08 bits per heavy atom. The molecule has 0 saturated carbocycles. The fraction of sp³-hybridized carbons (Fsp3) is 0.500. The van der Waals surface area contributed by atoms with E-state index in [1.54, 1.807) is 30.3 Å². The fourth-order valence-corrected chi connectivity index (χ4v) is 5.77. The van der Waals surface area contributed by atoms with Gasteiger partial charge in [-0.25, -0.2) is 4.79 Å². The van der Waals surface area contributed by atoms with Gasteiger partial charge in [0.2, 0.25) is 0 Å². The zero-order chi connectivity index (χ0) is 27.7. The van der Waals surface area contributed by atoms with Crippen LogP contribution in [-0.4, -0.2) is 47.3 Å². The fourth-order valence-electron chi connectivity index (χ4n) is 5.24. The molecule has 2 heterocycles. The Morgan fingerprint density at radius 2 is 1.68 bits per heavy atom. The van der Waals surface area contributed by atoms with Gasteiger partial charge in [0, 0.05) is 28.5 Å². The number of aliphatic imine (C=N–C) groups is 1. The van der Waals surface area contributed by atoms with E-state index in [2.05, 4.69) is 26.1 Å². The van der Waals surface area contributed by atoms with Gasteiger partial charge in [-0.3, -0.25) is 9.79 Å². The Morgan fingerprint density at radius 3 is 2.24 bits per heavy atom. The van der Waals surface area contributed by atoms with Crippen LogP contribution in [0, 0.1) is 5.41 Å². The molecule has 1 atom stereocenters. The first kappa shape index (κ1) is 28.6. The number of carbonyl (C=O) groups is 2. The minimum absolute atomic E-state index is 0.0769. The number of nitrogens with zero attached hydrogens (tertiary/aromatic N) is 2. The second-order valence-corrected chi connectivity index (χ2v) is 12.6. The van der Waals surface area contributed by atoms with Gasteiger partial charge in [-0.05, 0) is 81.1 Å². The van der Waals surface area contributed by atoms with Gasteiger partial charge in [-0.15, -0.1) is 0 Å². The molecule has 0 bridgehead atoms. The van der Waals surface area contributed by atoms with Crippen molar-refractivity contribution in [3.63, 3.8) is 0 Å². The molecule has 0 radical (unpaired) electrons. The van der Waals surface area contributed by atoms with Gasteiger partial charge < -0.3 is 15.0 Å². The Hall–Kier alpha value is -2.41. The topological polar surface area (TPSA) is 71.0 Å². The first-order chi connectivity index (χ1) is 17.9. The smallest absolute Gasteiger partial charge is 0.338 e. The van der Waals surface area contributed by atoms with E-state index in [1.165, 1.54) is 0 Å². The van der Waals surface area contributed by atoms with Crippen LogP contribution in [0.4, 0.5) is 0 Å². The van der Waals surface area contributed by atoms with Crippen molar-refractivity contribution in [3.05, 3.63) is 69.2 Å². The summed E-state index contributed by atoms with van der Waals surface area (Å²) in [5, 5.41) is 4.35. The summed E-state index contributed by atoms with van der Waals surface area (Å²) >= 11 is 12.6. The minimum Gasteiger partial charge on any atom is -0.459 e. The van der Waals surface area contributed by atoms with Gasteiger partial charge >= 0.3 is 5.97 Å². The van der Waals surface area contributed by atoms with Crippen molar-refractivity contribution in [1.29, 1.82) is 0 Å². The number of nitrogens with one attached hydrogen (secondary N) is 1. The molecule has 2 aromatic carbocycles. The molecular formula is C30H37Cl2N3O3. The number of esters is 1. The lowest BCUT2D eigenvalue weighted by Crippen LogP contribution is -2.54. The average Bonchev–Trinajstić information content (AvgIpc) is 3.10. The van der Waals surface area contributed by atoms with Crippen LogP contribution in [0.1, 0.15) is 87.8 Å². The highest BCUT2D eigenvalue weighted by molar-refractivity contribution is 6.47. The predicted molar refractivity (Wildman–Crippen MR) is 153 cm³/mol. The number of benzene rings is 2. The molecule has 0 unspecified atom stereocenters. The van der Waals surface area contributed by atoms with Crippen molar-refractivity contribution >= 4 is 40.8 Å². The summed E-state index contributed by atoms with van der Waals surface area (Å²) in [5.74, 6) is -0.472. The second kappa shape index (κ2) is 11.4. The van der Waals surface area contributed by atoms with Crippen LogP contribution >= 0.6 is 23.2 Å². The van der Waals surface area contributed by atoms with Crippen LogP contribution in [0.15, 0.2) is 47.5 Å². The number of piperidine rings is 1. The van der Waals surface area contributed by atoms with Crippen molar-refractivity contribution in [1.82, 2.24) is 10.2 Å². The maximum Gasteiger partial charge on any atom is 0.338 e. The van der Waals surface area contributed by atoms with E-state index in [4.69, 9.17) is 32.9 Å². The number of rotatable bonds is 7. The molecule has 204 valence electrons. The number of hydrogen-bond acceptors (Lipinski definition) is 5. The van der Waals surface area contributed by atoms with Crippen LogP contribution in [0.5, 0.6) is 0 Å². The average molecular weight is 559 g/mol. The lowest BCUT2D eigenvalue weighted by Gasteiger charge is -2.44. The normalized spacial score (nSPS) is 18.2.